The molecule has 0 aromatic heterocycles. The summed E-state index contributed by atoms with van der Waals surface area (Å²) in [5.41, 5.74) is 8.37. The summed E-state index contributed by atoms with van der Waals surface area (Å²) in [6, 6.07) is 13.1. The Bertz CT molecular complexity index is 1040. The molecule has 0 aliphatic carbocycles. The monoisotopic (exact) mass is 383 g/mol. The first-order chi connectivity index (χ1) is 13.4. The van der Waals surface area contributed by atoms with Gasteiger partial charge in [0.25, 0.3) is 0 Å². The van der Waals surface area contributed by atoms with E-state index in [2.05, 4.69) is 11.8 Å². The molecule has 2 N–H and O–H groups in total. The quantitative estimate of drug-likeness (QED) is 0.349. The number of hydrogen-bond acceptors (Lipinski definition) is 1. The average molecular weight is 383 g/mol. The molecule has 1 unspecified atom stereocenters. The Labute approximate surface area is 160 Å². The van der Waals surface area contributed by atoms with Crippen LogP contribution in [-0.4, -0.2) is 0 Å². The van der Waals surface area contributed by atoms with Gasteiger partial charge in [0.2, 0.25) is 0 Å². The van der Waals surface area contributed by atoms with E-state index in [0.29, 0.717) is 23.1 Å². The zero-order valence-corrected chi connectivity index (χ0v) is 15.1. The first-order valence-corrected chi connectivity index (χ1v) is 8.71. The molecule has 28 heavy (non-hydrogen) atoms. The fourth-order valence-corrected chi connectivity index (χ4v) is 2.74. The van der Waals surface area contributed by atoms with E-state index >= 15 is 0 Å². The second-order valence-corrected chi connectivity index (χ2v) is 6.34. The van der Waals surface area contributed by atoms with E-state index < -0.39 is 17.5 Å². The molecule has 0 aliphatic heterocycles. The van der Waals surface area contributed by atoms with Crippen LogP contribution in [0.15, 0.2) is 54.6 Å². The molecule has 0 aliphatic rings. The van der Waals surface area contributed by atoms with Crippen LogP contribution in [0, 0.1) is 35.1 Å². The van der Waals surface area contributed by atoms with Crippen molar-refractivity contribution in [1.82, 2.24) is 0 Å². The topological polar surface area (TPSA) is 26.0 Å². The number of nitrogens with two attached hydrogens (primary N) is 1. The zero-order chi connectivity index (χ0) is 20.3. The minimum Gasteiger partial charge on any atom is -0.324 e. The van der Waals surface area contributed by atoms with Crippen molar-refractivity contribution in [3.05, 3.63) is 94.6 Å². The molecular weight excluding hydrogens is 366 g/mol. The van der Waals surface area contributed by atoms with Crippen LogP contribution < -0.4 is 5.73 Å². The molecule has 1 atom stereocenters. The Hall–Kier alpha value is -3.10. The van der Waals surface area contributed by atoms with Gasteiger partial charge in [-0.25, -0.2) is 17.6 Å². The Morgan fingerprint density at radius 3 is 1.96 bits per heavy atom. The summed E-state index contributed by atoms with van der Waals surface area (Å²) in [5.74, 6) is 0.856. The van der Waals surface area contributed by atoms with Gasteiger partial charge < -0.3 is 5.73 Å². The van der Waals surface area contributed by atoms with Crippen LogP contribution >= 0.6 is 0 Å². The maximum absolute atomic E-state index is 14.4. The lowest BCUT2D eigenvalue weighted by atomic mass is 9.98. The van der Waals surface area contributed by atoms with Gasteiger partial charge in [-0.2, -0.15) is 0 Å². The molecule has 3 rings (SSSR count). The normalized spacial score (nSPS) is 11.6. The van der Waals surface area contributed by atoms with Crippen LogP contribution in [0.1, 0.15) is 36.1 Å². The number of hydrogen-bond donors (Lipinski definition) is 1. The van der Waals surface area contributed by atoms with E-state index in [-0.39, 0.29) is 17.4 Å². The molecule has 0 saturated heterocycles. The van der Waals surface area contributed by atoms with Crippen LogP contribution in [0.5, 0.6) is 0 Å². The highest BCUT2D eigenvalue weighted by Gasteiger charge is 2.10. The average Bonchev–Trinajstić information content (AvgIpc) is 2.70. The molecule has 0 bridgehead atoms. The maximum Gasteiger partial charge on any atom is 0.194 e. The largest absolute Gasteiger partial charge is 0.324 e. The number of halogens is 4. The highest BCUT2D eigenvalue weighted by Crippen LogP contribution is 2.26. The minimum atomic E-state index is -1.53. The summed E-state index contributed by atoms with van der Waals surface area (Å²) in [7, 11) is 0. The molecule has 0 spiro atoms. The van der Waals surface area contributed by atoms with Gasteiger partial charge in [0.1, 0.15) is 5.82 Å². The summed E-state index contributed by atoms with van der Waals surface area (Å²) >= 11 is 0. The van der Waals surface area contributed by atoms with E-state index in [9.17, 15) is 17.6 Å². The van der Waals surface area contributed by atoms with Gasteiger partial charge >= 0.3 is 0 Å². The summed E-state index contributed by atoms with van der Waals surface area (Å²) < 4.78 is 53.8. The van der Waals surface area contributed by atoms with Gasteiger partial charge in [0.05, 0.1) is 0 Å². The van der Waals surface area contributed by atoms with Crippen molar-refractivity contribution < 1.29 is 17.6 Å². The highest BCUT2D eigenvalue weighted by molar-refractivity contribution is 5.65. The lowest BCUT2D eigenvalue weighted by molar-refractivity contribution is 0.446. The minimum absolute atomic E-state index is 0.0226. The van der Waals surface area contributed by atoms with Crippen LogP contribution in [-0.2, 0) is 0 Å². The first kappa shape index (κ1) is 19.7. The third-order valence-corrected chi connectivity index (χ3v) is 4.39. The van der Waals surface area contributed by atoms with E-state index in [1.807, 2.05) is 6.92 Å². The zero-order valence-electron chi connectivity index (χ0n) is 15.1. The molecule has 142 valence electrons. The molecule has 5 heteroatoms. The van der Waals surface area contributed by atoms with Gasteiger partial charge in [0, 0.05) is 22.7 Å². The summed E-state index contributed by atoms with van der Waals surface area (Å²) in [4.78, 5) is 0. The molecule has 3 aromatic carbocycles. The Kier molecular flexibility index (Phi) is 5.81. The summed E-state index contributed by atoms with van der Waals surface area (Å²) in [6.45, 7) is 1.94. The van der Waals surface area contributed by atoms with Crippen molar-refractivity contribution in [2.24, 2.45) is 5.73 Å². The van der Waals surface area contributed by atoms with Crippen LogP contribution in [0.25, 0.3) is 11.1 Å². The van der Waals surface area contributed by atoms with Crippen molar-refractivity contribution >= 4 is 0 Å². The molecular formula is C23H17F4N. The van der Waals surface area contributed by atoms with Gasteiger partial charge in [0.15, 0.2) is 17.5 Å². The molecule has 0 amide bonds. The maximum atomic E-state index is 14.4. The lowest BCUT2D eigenvalue weighted by Gasteiger charge is -2.11. The second-order valence-electron chi connectivity index (χ2n) is 6.34. The van der Waals surface area contributed by atoms with E-state index in [1.165, 1.54) is 6.07 Å². The van der Waals surface area contributed by atoms with Gasteiger partial charge in [-0.15, -0.1) is 0 Å². The smallest absolute Gasteiger partial charge is 0.194 e. The predicted octanol–water partition coefficient (Wildman–Crippen LogP) is 5.72. The van der Waals surface area contributed by atoms with Crippen molar-refractivity contribution in [2.75, 3.05) is 0 Å². The van der Waals surface area contributed by atoms with E-state index in [4.69, 9.17) is 5.73 Å². The molecule has 1 nitrogen and oxygen atoms in total. The van der Waals surface area contributed by atoms with Crippen molar-refractivity contribution in [3.8, 4) is 23.0 Å². The van der Waals surface area contributed by atoms with Gasteiger partial charge in [-0.3, -0.25) is 0 Å². The Morgan fingerprint density at radius 2 is 1.39 bits per heavy atom. The molecule has 0 fully saturated rings. The molecule has 0 radical (unpaired) electrons. The summed E-state index contributed by atoms with van der Waals surface area (Å²) in [5, 5.41) is 0. The van der Waals surface area contributed by atoms with Crippen molar-refractivity contribution in [3.63, 3.8) is 0 Å². The van der Waals surface area contributed by atoms with Crippen LogP contribution in [0.2, 0.25) is 0 Å². The van der Waals surface area contributed by atoms with Crippen molar-refractivity contribution in [2.45, 2.75) is 19.4 Å². The van der Waals surface area contributed by atoms with Crippen molar-refractivity contribution in [1.29, 1.82) is 0 Å². The predicted molar refractivity (Wildman–Crippen MR) is 101 cm³/mol. The number of rotatable bonds is 3. The molecule has 3 aromatic rings. The van der Waals surface area contributed by atoms with E-state index in [1.54, 1.807) is 36.4 Å². The van der Waals surface area contributed by atoms with Gasteiger partial charge in [-0.05, 0) is 47.9 Å². The summed E-state index contributed by atoms with van der Waals surface area (Å²) in [6.07, 6.45) is 0.716. The third kappa shape index (κ3) is 4.24. The highest BCUT2D eigenvalue weighted by atomic mass is 19.2. The fourth-order valence-electron chi connectivity index (χ4n) is 2.74. The SMILES string of the molecule is CCC(N)c1ccc(-c2ccc(C#Cc3cc(F)c(F)c(F)c3)cc2)c(F)c1. The molecule has 0 heterocycles. The Balaban J connectivity index is 1.83. The van der Waals surface area contributed by atoms with E-state index in [0.717, 1.165) is 17.7 Å². The molecule has 0 saturated carbocycles. The first-order valence-electron chi connectivity index (χ1n) is 8.71. The number of benzene rings is 3. The standard InChI is InChI=1S/C23H17F4N/c1-2-22(28)17-9-10-18(19(24)13-17)16-7-5-14(6-8-16)3-4-15-11-20(25)23(27)21(26)12-15/h5-13,22H,2,28H2,1H3. The lowest BCUT2D eigenvalue weighted by Crippen LogP contribution is -2.08. The fraction of sp³-hybridized carbons (Fsp3) is 0.130. The second kappa shape index (κ2) is 8.28. The van der Waals surface area contributed by atoms with Gasteiger partial charge in [-0.1, -0.05) is 43.0 Å². The van der Waals surface area contributed by atoms with Crippen LogP contribution in [0.4, 0.5) is 17.6 Å². The Morgan fingerprint density at radius 1 is 0.786 bits per heavy atom. The van der Waals surface area contributed by atoms with Crippen LogP contribution in [0.3, 0.4) is 0 Å². The third-order valence-electron chi connectivity index (χ3n) is 4.39.